The van der Waals surface area contributed by atoms with Crippen molar-refractivity contribution < 1.29 is 14.4 Å². The van der Waals surface area contributed by atoms with Gasteiger partial charge in [0.2, 0.25) is 11.8 Å². The Bertz CT molecular complexity index is 965. The molecule has 6 nitrogen and oxygen atoms in total. The number of hydrogen-bond donors (Lipinski definition) is 2. The van der Waals surface area contributed by atoms with Crippen LogP contribution in [0.5, 0.6) is 0 Å². The lowest BCUT2D eigenvalue weighted by molar-refractivity contribution is -0.129. The lowest BCUT2D eigenvalue weighted by Gasteiger charge is -2.32. The third-order valence-corrected chi connectivity index (χ3v) is 4.85. The highest BCUT2D eigenvalue weighted by Gasteiger charge is 2.28. The quantitative estimate of drug-likeness (QED) is 0.858. The lowest BCUT2D eigenvalue weighted by atomic mass is 9.93. The molecule has 2 aromatic carbocycles. The zero-order chi connectivity index (χ0) is 20.3. The molecule has 2 aromatic rings. The third kappa shape index (κ3) is 3.96. The fourth-order valence-corrected chi connectivity index (χ4v) is 3.33. The van der Waals surface area contributed by atoms with E-state index < -0.39 is 0 Å². The number of benzene rings is 2. The van der Waals surface area contributed by atoms with E-state index in [4.69, 9.17) is 0 Å². The Morgan fingerprint density at radius 2 is 1.86 bits per heavy atom. The highest BCUT2D eigenvalue weighted by Crippen LogP contribution is 2.33. The molecule has 1 aliphatic heterocycles. The first-order chi connectivity index (χ1) is 13.4. The van der Waals surface area contributed by atoms with Gasteiger partial charge in [-0.15, -0.1) is 0 Å². The van der Waals surface area contributed by atoms with E-state index >= 15 is 0 Å². The summed E-state index contributed by atoms with van der Waals surface area (Å²) in [5.74, 6) is -0.565. The number of carbonyl (C=O) groups is 3. The lowest BCUT2D eigenvalue weighted by Crippen LogP contribution is -2.33. The molecule has 0 fully saturated rings. The van der Waals surface area contributed by atoms with Crippen molar-refractivity contribution >= 4 is 29.5 Å². The first kappa shape index (κ1) is 19.4. The Morgan fingerprint density at radius 3 is 2.57 bits per heavy atom. The van der Waals surface area contributed by atoms with Crippen LogP contribution in [-0.4, -0.2) is 29.7 Å². The average molecular weight is 377 g/mol. The second kappa shape index (κ2) is 8.08. The Balaban J connectivity index is 1.83. The maximum atomic E-state index is 12.8. The van der Waals surface area contributed by atoms with Gasteiger partial charge in [0.25, 0.3) is 5.91 Å². The van der Waals surface area contributed by atoms with E-state index in [0.29, 0.717) is 11.3 Å². The number of nitrogens with one attached hydrogen (secondary N) is 2. The second-order valence-electron chi connectivity index (χ2n) is 6.75. The Morgan fingerprint density at radius 1 is 1.11 bits per heavy atom. The van der Waals surface area contributed by atoms with Crippen LogP contribution in [0.2, 0.25) is 0 Å². The van der Waals surface area contributed by atoms with E-state index in [2.05, 4.69) is 10.6 Å². The van der Waals surface area contributed by atoms with Gasteiger partial charge in [0.1, 0.15) is 0 Å². The van der Waals surface area contributed by atoms with Crippen molar-refractivity contribution in [3.05, 3.63) is 70.9 Å². The maximum Gasteiger partial charge on any atom is 0.251 e. The summed E-state index contributed by atoms with van der Waals surface area (Å²) in [6.07, 6.45) is 3.72. The summed E-state index contributed by atoms with van der Waals surface area (Å²) < 4.78 is 0. The molecule has 1 aliphatic rings. The van der Waals surface area contributed by atoms with Gasteiger partial charge >= 0.3 is 0 Å². The van der Waals surface area contributed by atoms with Crippen LogP contribution in [0, 0.1) is 6.92 Å². The summed E-state index contributed by atoms with van der Waals surface area (Å²) in [5, 5.41) is 5.46. The number of amides is 3. The zero-order valence-electron chi connectivity index (χ0n) is 16.2. The number of rotatable bonds is 4. The summed E-state index contributed by atoms with van der Waals surface area (Å²) in [4.78, 5) is 38.3. The monoisotopic (exact) mass is 377 g/mol. The smallest absolute Gasteiger partial charge is 0.251 e. The largest absolute Gasteiger partial charge is 0.355 e. The van der Waals surface area contributed by atoms with Gasteiger partial charge in [0, 0.05) is 31.4 Å². The van der Waals surface area contributed by atoms with E-state index in [1.807, 2.05) is 37.3 Å². The molecular weight excluding hydrogens is 354 g/mol. The van der Waals surface area contributed by atoms with Crippen molar-refractivity contribution in [1.29, 1.82) is 0 Å². The summed E-state index contributed by atoms with van der Waals surface area (Å²) in [7, 11) is 1.56. The minimum Gasteiger partial charge on any atom is -0.355 e. The van der Waals surface area contributed by atoms with Crippen LogP contribution in [-0.2, 0) is 9.59 Å². The van der Waals surface area contributed by atoms with Crippen molar-refractivity contribution in [2.24, 2.45) is 0 Å². The SMILES string of the molecule is CNC(=O)c1ccc(C)c(NC(=O)C[C@H]2c3ccccc3C=CN2C(C)=O)c1. The summed E-state index contributed by atoms with van der Waals surface area (Å²) in [6.45, 7) is 3.35. The zero-order valence-corrected chi connectivity index (χ0v) is 16.2. The summed E-state index contributed by atoms with van der Waals surface area (Å²) in [5.41, 5.74) is 3.84. The third-order valence-electron chi connectivity index (χ3n) is 4.85. The van der Waals surface area contributed by atoms with Crippen molar-refractivity contribution in [2.45, 2.75) is 26.3 Å². The molecule has 1 atom stereocenters. The molecule has 2 N–H and O–H groups in total. The van der Waals surface area contributed by atoms with Crippen molar-refractivity contribution in [1.82, 2.24) is 10.2 Å². The molecule has 0 unspecified atom stereocenters. The van der Waals surface area contributed by atoms with Gasteiger partial charge < -0.3 is 15.5 Å². The fraction of sp³-hybridized carbons (Fsp3) is 0.227. The molecule has 0 saturated carbocycles. The molecule has 3 amide bonds. The van der Waals surface area contributed by atoms with E-state index in [9.17, 15) is 14.4 Å². The van der Waals surface area contributed by atoms with Gasteiger partial charge in [0.05, 0.1) is 12.5 Å². The van der Waals surface area contributed by atoms with Gasteiger partial charge in [-0.3, -0.25) is 14.4 Å². The van der Waals surface area contributed by atoms with Gasteiger partial charge in [-0.1, -0.05) is 30.3 Å². The fourth-order valence-electron chi connectivity index (χ4n) is 3.33. The number of carbonyl (C=O) groups excluding carboxylic acids is 3. The Kier molecular flexibility index (Phi) is 5.59. The standard InChI is InChI=1S/C22H23N3O3/c1-14-8-9-17(22(28)23-3)12-19(14)24-21(27)13-20-18-7-5-4-6-16(18)10-11-25(20)15(2)26/h4-12,20H,13H2,1-3H3,(H,23,28)(H,24,27)/t20-/m0/s1. The molecule has 0 aromatic heterocycles. The minimum absolute atomic E-state index is 0.116. The first-order valence-electron chi connectivity index (χ1n) is 9.09. The van der Waals surface area contributed by atoms with E-state index in [0.717, 1.165) is 16.7 Å². The molecule has 28 heavy (non-hydrogen) atoms. The predicted octanol–water partition coefficient (Wildman–Crippen LogP) is 3.26. The molecule has 0 saturated heterocycles. The molecule has 6 heteroatoms. The first-order valence-corrected chi connectivity index (χ1v) is 9.09. The van der Waals surface area contributed by atoms with E-state index in [1.165, 1.54) is 6.92 Å². The van der Waals surface area contributed by atoms with Gasteiger partial charge in [-0.05, 0) is 41.8 Å². The van der Waals surface area contributed by atoms with Crippen LogP contribution in [0.3, 0.4) is 0 Å². The van der Waals surface area contributed by atoms with Crippen LogP contribution in [0.1, 0.15) is 46.4 Å². The normalized spacial score (nSPS) is 15.0. The number of anilines is 1. The molecule has 0 spiro atoms. The van der Waals surface area contributed by atoms with Crippen molar-refractivity contribution in [3.8, 4) is 0 Å². The van der Waals surface area contributed by atoms with Crippen LogP contribution < -0.4 is 10.6 Å². The van der Waals surface area contributed by atoms with Gasteiger partial charge in [-0.25, -0.2) is 0 Å². The molecule has 1 heterocycles. The van der Waals surface area contributed by atoms with E-state index in [-0.39, 0.29) is 30.2 Å². The molecular formula is C22H23N3O3. The van der Waals surface area contributed by atoms with Gasteiger partial charge in [-0.2, -0.15) is 0 Å². The molecule has 3 rings (SSSR count). The Hall–Kier alpha value is -3.41. The number of nitrogens with zero attached hydrogens (tertiary/aromatic N) is 1. The molecule has 0 radical (unpaired) electrons. The number of aryl methyl sites for hydroxylation is 1. The molecule has 144 valence electrons. The predicted molar refractivity (Wildman–Crippen MR) is 109 cm³/mol. The van der Waals surface area contributed by atoms with Crippen LogP contribution in [0.4, 0.5) is 5.69 Å². The number of hydrogen-bond acceptors (Lipinski definition) is 3. The van der Waals surface area contributed by atoms with Crippen LogP contribution >= 0.6 is 0 Å². The van der Waals surface area contributed by atoms with Crippen molar-refractivity contribution in [2.75, 3.05) is 12.4 Å². The maximum absolute atomic E-state index is 12.8. The van der Waals surface area contributed by atoms with Crippen molar-refractivity contribution in [3.63, 3.8) is 0 Å². The highest BCUT2D eigenvalue weighted by atomic mass is 16.2. The minimum atomic E-state index is -0.374. The number of fused-ring (bicyclic) bond motifs is 1. The highest BCUT2D eigenvalue weighted by molar-refractivity contribution is 5.98. The van der Waals surface area contributed by atoms with Gasteiger partial charge in [0.15, 0.2) is 0 Å². The van der Waals surface area contributed by atoms with E-state index in [1.54, 1.807) is 36.3 Å². The molecule has 0 aliphatic carbocycles. The second-order valence-corrected chi connectivity index (χ2v) is 6.75. The topological polar surface area (TPSA) is 78.5 Å². The molecule has 0 bridgehead atoms. The summed E-state index contributed by atoms with van der Waals surface area (Å²) in [6, 6.07) is 12.5. The Labute approximate surface area is 164 Å². The van der Waals surface area contributed by atoms with Crippen LogP contribution in [0.15, 0.2) is 48.7 Å². The van der Waals surface area contributed by atoms with Crippen LogP contribution in [0.25, 0.3) is 6.08 Å². The average Bonchev–Trinajstić information content (AvgIpc) is 2.69. The summed E-state index contributed by atoms with van der Waals surface area (Å²) >= 11 is 0.